The van der Waals surface area contributed by atoms with Crippen molar-refractivity contribution in [3.63, 3.8) is 0 Å². The number of rotatable bonds is 1. The topological polar surface area (TPSA) is 67.6 Å². The molecular formula is C5H10N4. The second kappa shape index (κ2) is 2.39. The van der Waals surface area contributed by atoms with Crippen LogP contribution in [0, 0.1) is 0 Å². The molecule has 4 heteroatoms. The average molecular weight is 126 g/mol. The van der Waals surface area contributed by atoms with Crippen molar-refractivity contribution in [2.75, 3.05) is 6.54 Å². The van der Waals surface area contributed by atoms with Crippen LogP contribution in [0.25, 0.3) is 0 Å². The molecule has 0 saturated carbocycles. The van der Waals surface area contributed by atoms with Crippen molar-refractivity contribution in [3.8, 4) is 0 Å². The molecule has 0 radical (unpaired) electrons. The van der Waals surface area contributed by atoms with E-state index >= 15 is 0 Å². The molecule has 1 aliphatic rings. The molecule has 0 aromatic rings. The van der Waals surface area contributed by atoms with Crippen molar-refractivity contribution < 1.29 is 0 Å². The van der Waals surface area contributed by atoms with Gasteiger partial charge in [-0.15, -0.1) is 5.10 Å². The lowest BCUT2D eigenvalue weighted by molar-refractivity contribution is 0.432. The second-order valence-electron chi connectivity index (χ2n) is 1.86. The maximum atomic E-state index is 5.12. The van der Waals surface area contributed by atoms with Gasteiger partial charge in [-0.3, -0.25) is 5.01 Å². The molecule has 4 N–H and O–H groups in total. The van der Waals surface area contributed by atoms with Crippen LogP contribution in [0.15, 0.2) is 17.4 Å². The summed E-state index contributed by atoms with van der Waals surface area (Å²) in [7, 11) is 0. The van der Waals surface area contributed by atoms with Crippen LogP contribution in [0.3, 0.4) is 0 Å². The van der Waals surface area contributed by atoms with Gasteiger partial charge >= 0.3 is 0 Å². The van der Waals surface area contributed by atoms with E-state index < -0.39 is 0 Å². The zero-order valence-electron chi connectivity index (χ0n) is 5.12. The Kier molecular flexibility index (Phi) is 1.58. The fraction of sp³-hybridized carbons (Fsp3) is 0.400. The molecule has 0 aromatic heterocycles. The standard InChI is InChI=1S/C5H10N4/c6-5(7)8-9-3-1-2-4-9/h1,3H,2,4H2,(H4,6,7,8). The first-order chi connectivity index (χ1) is 4.29. The molecule has 0 amide bonds. The zero-order chi connectivity index (χ0) is 6.69. The number of nitrogens with two attached hydrogens (primary N) is 2. The Morgan fingerprint density at radius 1 is 1.56 bits per heavy atom. The first-order valence-electron chi connectivity index (χ1n) is 2.82. The third-order valence-corrected chi connectivity index (χ3v) is 1.05. The Hall–Kier alpha value is -1.19. The summed E-state index contributed by atoms with van der Waals surface area (Å²) in [6.45, 7) is 0.887. The van der Waals surface area contributed by atoms with Crippen LogP contribution >= 0.6 is 0 Å². The van der Waals surface area contributed by atoms with E-state index in [9.17, 15) is 0 Å². The first kappa shape index (κ1) is 5.94. The molecule has 0 bridgehead atoms. The fourth-order valence-electron chi connectivity index (χ4n) is 0.709. The molecule has 4 nitrogen and oxygen atoms in total. The van der Waals surface area contributed by atoms with E-state index in [0.29, 0.717) is 0 Å². The van der Waals surface area contributed by atoms with Gasteiger partial charge in [0.15, 0.2) is 0 Å². The van der Waals surface area contributed by atoms with E-state index in [2.05, 4.69) is 5.10 Å². The number of hydrogen-bond donors (Lipinski definition) is 2. The Bertz CT molecular complexity index is 145. The number of nitrogens with zero attached hydrogens (tertiary/aromatic N) is 2. The van der Waals surface area contributed by atoms with E-state index in [1.807, 2.05) is 12.3 Å². The van der Waals surface area contributed by atoms with Gasteiger partial charge in [0.05, 0.1) is 0 Å². The lowest BCUT2D eigenvalue weighted by Crippen LogP contribution is -2.26. The van der Waals surface area contributed by atoms with Gasteiger partial charge in [0.1, 0.15) is 0 Å². The third-order valence-electron chi connectivity index (χ3n) is 1.05. The van der Waals surface area contributed by atoms with Crippen molar-refractivity contribution >= 4 is 5.96 Å². The molecule has 0 saturated heterocycles. The quantitative estimate of drug-likeness (QED) is 0.364. The van der Waals surface area contributed by atoms with Crippen LogP contribution in [-0.4, -0.2) is 17.5 Å². The molecule has 9 heavy (non-hydrogen) atoms. The molecule has 0 atom stereocenters. The molecule has 0 fully saturated rings. The highest BCUT2D eigenvalue weighted by molar-refractivity contribution is 5.75. The Balaban J connectivity index is 2.45. The summed E-state index contributed by atoms with van der Waals surface area (Å²) >= 11 is 0. The highest BCUT2D eigenvalue weighted by Gasteiger charge is 2.00. The van der Waals surface area contributed by atoms with Crippen LogP contribution in [0.5, 0.6) is 0 Å². The molecule has 0 aromatic carbocycles. The minimum atomic E-state index is 0.113. The average Bonchev–Trinajstić information content (AvgIpc) is 2.15. The Labute approximate surface area is 53.8 Å². The summed E-state index contributed by atoms with van der Waals surface area (Å²) < 4.78 is 0. The van der Waals surface area contributed by atoms with Crippen LogP contribution in [0.2, 0.25) is 0 Å². The summed E-state index contributed by atoms with van der Waals surface area (Å²) in [6, 6.07) is 0. The van der Waals surface area contributed by atoms with Crippen LogP contribution in [-0.2, 0) is 0 Å². The minimum absolute atomic E-state index is 0.113. The van der Waals surface area contributed by atoms with E-state index in [1.54, 1.807) is 5.01 Å². The van der Waals surface area contributed by atoms with Crippen LogP contribution in [0.1, 0.15) is 6.42 Å². The highest BCUT2D eigenvalue weighted by Crippen LogP contribution is 2.02. The Morgan fingerprint density at radius 2 is 2.33 bits per heavy atom. The van der Waals surface area contributed by atoms with Gasteiger partial charge < -0.3 is 11.5 Å². The van der Waals surface area contributed by atoms with Crippen LogP contribution in [0.4, 0.5) is 0 Å². The van der Waals surface area contributed by atoms with Crippen molar-refractivity contribution in [2.45, 2.75) is 6.42 Å². The molecule has 50 valence electrons. The van der Waals surface area contributed by atoms with Gasteiger partial charge in [-0.2, -0.15) is 0 Å². The van der Waals surface area contributed by atoms with E-state index in [-0.39, 0.29) is 5.96 Å². The smallest absolute Gasteiger partial charge is 0.209 e. The number of hydrazone groups is 1. The summed E-state index contributed by atoms with van der Waals surface area (Å²) in [6.07, 6.45) is 4.91. The largest absolute Gasteiger partial charge is 0.369 e. The summed E-state index contributed by atoms with van der Waals surface area (Å²) in [4.78, 5) is 0. The van der Waals surface area contributed by atoms with Gasteiger partial charge in [-0.05, 0) is 6.42 Å². The second-order valence-corrected chi connectivity index (χ2v) is 1.86. The van der Waals surface area contributed by atoms with Crippen molar-refractivity contribution in [1.29, 1.82) is 0 Å². The minimum Gasteiger partial charge on any atom is -0.369 e. The highest BCUT2D eigenvalue weighted by atomic mass is 15.5. The van der Waals surface area contributed by atoms with E-state index in [0.717, 1.165) is 13.0 Å². The lowest BCUT2D eigenvalue weighted by Gasteiger charge is -2.06. The maximum absolute atomic E-state index is 5.12. The summed E-state index contributed by atoms with van der Waals surface area (Å²) in [5.74, 6) is 0.113. The predicted octanol–water partition coefficient (Wildman–Crippen LogP) is -0.606. The van der Waals surface area contributed by atoms with Crippen molar-refractivity contribution in [2.24, 2.45) is 16.6 Å². The molecule has 1 rings (SSSR count). The van der Waals surface area contributed by atoms with Gasteiger partial charge in [0, 0.05) is 12.7 Å². The van der Waals surface area contributed by atoms with Gasteiger partial charge in [-0.25, -0.2) is 0 Å². The van der Waals surface area contributed by atoms with Gasteiger partial charge in [-0.1, -0.05) is 6.08 Å². The predicted molar refractivity (Wildman–Crippen MR) is 36.3 cm³/mol. The third kappa shape index (κ3) is 1.64. The Morgan fingerprint density at radius 3 is 2.78 bits per heavy atom. The molecule has 1 aliphatic heterocycles. The molecular weight excluding hydrogens is 116 g/mol. The molecule has 0 unspecified atom stereocenters. The lowest BCUT2D eigenvalue weighted by atomic mass is 10.5. The number of hydrogen-bond acceptors (Lipinski definition) is 2. The first-order valence-corrected chi connectivity index (χ1v) is 2.82. The molecule has 1 heterocycles. The summed E-state index contributed by atoms with van der Waals surface area (Å²) in [5.41, 5.74) is 10.2. The van der Waals surface area contributed by atoms with E-state index in [1.165, 1.54) is 0 Å². The van der Waals surface area contributed by atoms with Crippen molar-refractivity contribution in [3.05, 3.63) is 12.3 Å². The monoisotopic (exact) mass is 126 g/mol. The SMILES string of the molecule is NC(N)=NN1C=CCC1. The summed E-state index contributed by atoms with van der Waals surface area (Å²) in [5, 5.41) is 5.51. The zero-order valence-corrected chi connectivity index (χ0v) is 5.12. The van der Waals surface area contributed by atoms with Gasteiger partial charge in [0.2, 0.25) is 5.96 Å². The maximum Gasteiger partial charge on any atom is 0.209 e. The number of guanidine groups is 1. The van der Waals surface area contributed by atoms with E-state index in [4.69, 9.17) is 11.5 Å². The fourth-order valence-corrected chi connectivity index (χ4v) is 0.709. The van der Waals surface area contributed by atoms with Gasteiger partial charge in [0.25, 0.3) is 0 Å². The molecule has 0 spiro atoms. The normalized spacial score (nSPS) is 16.2. The van der Waals surface area contributed by atoms with Crippen molar-refractivity contribution in [1.82, 2.24) is 5.01 Å². The van der Waals surface area contributed by atoms with Crippen LogP contribution < -0.4 is 11.5 Å². The molecule has 0 aliphatic carbocycles.